The molecule has 0 aliphatic rings. The second-order valence-electron chi connectivity index (χ2n) is 9.28. The van der Waals surface area contributed by atoms with Crippen LogP contribution in [0.5, 0.6) is 11.5 Å². The molecule has 0 radical (unpaired) electrons. The van der Waals surface area contributed by atoms with Crippen molar-refractivity contribution in [3.05, 3.63) is 116 Å². The molecule has 204 valence electrons. The van der Waals surface area contributed by atoms with Gasteiger partial charge in [0.15, 0.2) is 16.7 Å². The van der Waals surface area contributed by atoms with E-state index in [1.54, 1.807) is 13.2 Å². The third kappa shape index (κ3) is 5.97. The molecule has 0 aliphatic carbocycles. The molecule has 10 heteroatoms. The zero-order chi connectivity index (χ0) is 28.2. The van der Waals surface area contributed by atoms with Gasteiger partial charge in [0.2, 0.25) is 6.54 Å². The Morgan fingerprint density at radius 2 is 1.77 bits per heavy atom. The zero-order valence-electron chi connectivity index (χ0n) is 22.2. The van der Waals surface area contributed by atoms with Crippen molar-refractivity contribution in [2.75, 3.05) is 13.7 Å². The average molecular weight is 620 g/mol. The van der Waals surface area contributed by atoms with Gasteiger partial charge in [-0.15, -0.1) is 10.2 Å². The number of nitro groups is 1. The maximum Gasteiger partial charge on any atom is 0.220 e. The van der Waals surface area contributed by atoms with Crippen LogP contribution in [0.2, 0.25) is 0 Å². The second kappa shape index (κ2) is 12.1. The molecule has 0 fully saturated rings. The lowest BCUT2D eigenvalue weighted by molar-refractivity contribution is -0.479. The Hall–Kier alpha value is -3.89. The van der Waals surface area contributed by atoms with Gasteiger partial charge < -0.3 is 9.47 Å². The largest absolute Gasteiger partial charge is 0.493 e. The molecule has 5 aromatic rings. The van der Waals surface area contributed by atoms with E-state index < -0.39 is 5.25 Å². The number of ether oxygens (including phenoxy) is 2. The van der Waals surface area contributed by atoms with Gasteiger partial charge in [0.1, 0.15) is 17.7 Å². The van der Waals surface area contributed by atoms with E-state index in [-0.39, 0.29) is 11.5 Å². The van der Waals surface area contributed by atoms with Crippen LogP contribution >= 0.6 is 27.7 Å². The van der Waals surface area contributed by atoms with E-state index in [0.717, 1.165) is 27.6 Å². The van der Waals surface area contributed by atoms with Crippen LogP contribution in [0.4, 0.5) is 0 Å². The summed E-state index contributed by atoms with van der Waals surface area (Å²) in [6.45, 7) is 3.91. The van der Waals surface area contributed by atoms with Crippen molar-refractivity contribution >= 4 is 38.5 Å². The van der Waals surface area contributed by atoms with Crippen molar-refractivity contribution in [3.8, 4) is 17.2 Å². The lowest BCUT2D eigenvalue weighted by atomic mass is 10.1. The average Bonchev–Trinajstić information content (AvgIpc) is 3.31. The molecule has 0 spiro atoms. The number of aromatic nitrogens is 3. The van der Waals surface area contributed by atoms with Crippen LogP contribution in [-0.4, -0.2) is 33.3 Å². The number of methoxy groups -OCH3 is 1. The van der Waals surface area contributed by atoms with Gasteiger partial charge in [-0.25, -0.2) is 0 Å². The molecule has 0 saturated carbocycles. The highest BCUT2D eigenvalue weighted by atomic mass is 79.9. The van der Waals surface area contributed by atoms with Gasteiger partial charge in [-0.1, -0.05) is 71.9 Å². The summed E-state index contributed by atoms with van der Waals surface area (Å²) in [7, 11) is 1.56. The van der Waals surface area contributed by atoms with E-state index in [9.17, 15) is 10.1 Å². The topological polar surface area (TPSA) is 92.3 Å². The van der Waals surface area contributed by atoms with Gasteiger partial charge in [0.25, 0.3) is 0 Å². The quantitative estimate of drug-likeness (QED) is 0.0908. The summed E-state index contributed by atoms with van der Waals surface area (Å²) >= 11 is 4.92. The maximum atomic E-state index is 11.7. The van der Waals surface area contributed by atoms with Crippen molar-refractivity contribution in [1.82, 2.24) is 14.8 Å². The highest BCUT2D eigenvalue weighted by Gasteiger charge is 2.26. The van der Waals surface area contributed by atoms with E-state index in [1.165, 1.54) is 11.8 Å². The molecule has 0 bridgehead atoms. The zero-order valence-corrected chi connectivity index (χ0v) is 24.6. The van der Waals surface area contributed by atoms with Gasteiger partial charge in [-0.3, -0.25) is 14.7 Å². The predicted molar refractivity (Wildman–Crippen MR) is 160 cm³/mol. The first-order valence-electron chi connectivity index (χ1n) is 12.6. The van der Waals surface area contributed by atoms with E-state index in [0.29, 0.717) is 39.1 Å². The standard InChI is InChI=1S/C30H27BrN4O4S/c1-19-11-13-24(14-12-19)35-20(2)32-33-30(35)40-28(17-34(36)37)23-15-26(31)29(27(16-23)38-3)39-18-22-9-6-8-21-7-4-5-10-25(21)22/h4-16,28H,17-18H2,1-3H3/t28-/m1/s1. The van der Waals surface area contributed by atoms with Crippen LogP contribution in [0, 0.1) is 24.0 Å². The van der Waals surface area contributed by atoms with Crippen LogP contribution in [0.15, 0.2) is 88.5 Å². The summed E-state index contributed by atoms with van der Waals surface area (Å²) in [5.74, 6) is 1.71. The van der Waals surface area contributed by atoms with Gasteiger partial charge in [0, 0.05) is 10.6 Å². The fourth-order valence-corrected chi connectivity index (χ4v) is 6.25. The molecule has 0 N–H and O–H groups in total. The minimum Gasteiger partial charge on any atom is -0.493 e. The van der Waals surface area contributed by atoms with Crippen LogP contribution in [-0.2, 0) is 6.61 Å². The van der Waals surface area contributed by atoms with Crippen LogP contribution < -0.4 is 9.47 Å². The maximum absolute atomic E-state index is 11.7. The molecule has 0 aliphatic heterocycles. The number of fused-ring (bicyclic) bond motifs is 1. The van der Waals surface area contributed by atoms with E-state index in [1.807, 2.05) is 73.0 Å². The van der Waals surface area contributed by atoms with Crippen molar-refractivity contribution in [2.45, 2.75) is 30.9 Å². The lowest BCUT2D eigenvalue weighted by Crippen LogP contribution is -2.12. The second-order valence-corrected chi connectivity index (χ2v) is 11.3. The summed E-state index contributed by atoms with van der Waals surface area (Å²) in [6.07, 6.45) is 0. The first-order chi connectivity index (χ1) is 19.3. The Morgan fingerprint density at radius 3 is 2.52 bits per heavy atom. The number of hydrogen-bond donors (Lipinski definition) is 0. The van der Waals surface area contributed by atoms with Crippen molar-refractivity contribution in [1.29, 1.82) is 0 Å². The number of benzene rings is 4. The first-order valence-corrected chi connectivity index (χ1v) is 14.3. The molecule has 0 amide bonds. The van der Waals surface area contributed by atoms with E-state index >= 15 is 0 Å². The summed E-state index contributed by atoms with van der Waals surface area (Å²) in [5.41, 5.74) is 3.78. The number of halogens is 1. The third-order valence-corrected chi connectivity index (χ3v) is 8.30. The minimum atomic E-state index is -0.555. The molecular formula is C30H27BrN4O4S. The molecule has 1 heterocycles. The van der Waals surface area contributed by atoms with Crippen molar-refractivity contribution in [2.24, 2.45) is 0 Å². The smallest absolute Gasteiger partial charge is 0.220 e. The lowest BCUT2D eigenvalue weighted by Gasteiger charge is -2.18. The van der Waals surface area contributed by atoms with Crippen molar-refractivity contribution < 1.29 is 14.4 Å². The Balaban J connectivity index is 1.45. The third-order valence-electron chi connectivity index (χ3n) is 6.53. The Morgan fingerprint density at radius 1 is 1.02 bits per heavy atom. The molecule has 4 aromatic carbocycles. The molecule has 5 rings (SSSR count). The summed E-state index contributed by atoms with van der Waals surface area (Å²) in [4.78, 5) is 11.4. The van der Waals surface area contributed by atoms with Gasteiger partial charge in [-0.2, -0.15) is 0 Å². The van der Waals surface area contributed by atoms with Gasteiger partial charge >= 0.3 is 0 Å². The molecule has 0 unspecified atom stereocenters. The molecular weight excluding hydrogens is 592 g/mol. The monoisotopic (exact) mass is 618 g/mol. The first kappa shape index (κ1) is 27.7. The number of aryl methyl sites for hydroxylation is 2. The van der Waals surface area contributed by atoms with Gasteiger partial charge in [-0.05, 0) is 75.9 Å². The molecule has 1 atom stereocenters. The normalized spacial score (nSPS) is 11.9. The fourth-order valence-electron chi connectivity index (χ4n) is 4.52. The van der Waals surface area contributed by atoms with Crippen molar-refractivity contribution in [3.63, 3.8) is 0 Å². The Bertz CT molecular complexity index is 1670. The Labute approximate surface area is 244 Å². The molecule has 8 nitrogen and oxygen atoms in total. The number of hydrogen-bond acceptors (Lipinski definition) is 7. The minimum absolute atomic E-state index is 0.309. The highest BCUT2D eigenvalue weighted by Crippen LogP contribution is 2.43. The van der Waals surface area contributed by atoms with Crippen LogP contribution in [0.3, 0.4) is 0 Å². The molecule has 40 heavy (non-hydrogen) atoms. The number of thioether (sulfide) groups is 1. The number of nitrogens with zero attached hydrogens (tertiary/aromatic N) is 4. The van der Waals surface area contributed by atoms with Crippen LogP contribution in [0.25, 0.3) is 16.5 Å². The van der Waals surface area contributed by atoms with E-state index in [2.05, 4.69) is 44.3 Å². The highest BCUT2D eigenvalue weighted by molar-refractivity contribution is 9.10. The Kier molecular flexibility index (Phi) is 8.37. The van der Waals surface area contributed by atoms with Crippen LogP contribution in [0.1, 0.15) is 27.8 Å². The predicted octanol–water partition coefficient (Wildman–Crippen LogP) is 7.50. The SMILES string of the molecule is COc1cc([C@@H](C[N+](=O)[O-])Sc2nnc(C)n2-c2ccc(C)cc2)cc(Br)c1OCc1cccc2ccccc12. The number of rotatable bonds is 10. The summed E-state index contributed by atoms with van der Waals surface area (Å²) in [6, 6.07) is 25.9. The molecule has 1 aromatic heterocycles. The summed E-state index contributed by atoms with van der Waals surface area (Å²) in [5, 5.41) is 22.6. The van der Waals surface area contributed by atoms with Gasteiger partial charge in [0.05, 0.1) is 11.6 Å². The van der Waals surface area contributed by atoms with E-state index in [4.69, 9.17) is 9.47 Å². The fraction of sp³-hybridized carbons (Fsp3) is 0.200. The molecule has 0 saturated heterocycles. The summed E-state index contributed by atoms with van der Waals surface area (Å²) < 4.78 is 14.5.